The van der Waals surface area contributed by atoms with Gasteiger partial charge in [-0.1, -0.05) is 24.3 Å². The monoisotopic (exact) mass is 376 g/mol. The predicted molar refractivity (Wildman–Crippen MR) is 83.4 cm³/mol. The number of urea groups is 1. The van der Waals surface area contributed by atoms with Gasteiger partial charge in [-0.05, 0) is 29.8 Å². The number of hydrogen-bond acceptors (Lipinski definition) is 1. The lowest BCUT2D eigenvalue weighted by Crippen LogP contribution is -2.31. The third-order valence-electron chi connectivity index (χ3n) is 3.52. The molecule has 2 aromatic carbocycles. The fourth-order valence-corrected chi connectivity index (χ4v) is 2.19. The van der Waals surface area contributed by atoms with Crippen LogP contribution in [0.2, 0.25) is 0 Å². The molecule has 0 atom stereocenters. The Kier molecular flexibility index (Phi) is 5.48. The van der Waals surface area contributed by atoms with E-state index in [4.69, 9.17) is 0 Å². The Hall–Kier alpha value is -2.71. The van der Waals surface area contributed by atoms with Gasteiger partial charge < -0.3 is 10.2 Å². The molecule has 0 aliphatic heterocycles. The molecule has 140 valence electrons. The number of benzene rings is 2. The second-order valence-corrected chi connectivity index (χ2v) is 5.52. The van der Waals surface area contributed by atoms with Crippen molar-refractivity contribution < 1.29 is 31.1 Å². The summed E-state index contributed by atoms with van der Waals surface area (Å²) < 4.78 is 76.3. The Morgan fingerprint density at radius 1 is 0.923 bits per heavy atom. The van der Waals surface area contributed by atoms with Crippen LogP contribution in [0.5, 0.6) is 0 Å². The van der Waals surface area contributed by atoms with Gasteiger partial charge in [-0.15, -0.1) is 0 Å². The first kappa shape index (κ1) is 19.6. The first-order chi connectivity index (χ1) is 12.0. The average molecular weight is 376 g/mol. The van der Waals surface area contributed by atoms with Crippen molar-refractivity contribution in [3.63, 3.8) is 0 Å². The van der Waals surface area contributed by atoms with E-state index in [1.807, 2.05) is 0 Å². The fraction of sp³-hybridized carbons (Fsp3) is 0.235. The van der Waals surface area contributed by atoms with Crippen LogP contribution in [0.15, 0.2) is 48.5 Å². The Balaban J connectivity index is 2.07. The van der Waals surface area contributed by atoms with Crippen molar-refractivity contribution in [1.29, 1.82) is 0 Å². The van der Waals surface area contributed by atoms with Gasteiger partial charge in [0.25, 0.3) is 0 Å². The van der Waals surface area contributed by atoms with Crippen molar-refractivity contribution in [3.8, 4) is 0 Å². The van der Waals surface area contributed by atoms with Crippen molar-refractivity contribution >= 4 is 11.7 Å². The molecule has 0 aliphatic carbocycles. The molecule has 0 aromatic heterocycles. The molecule has 3 nitrogen and oxygen atoms in total. The number of rotatable bonds is 3. The Morgan fingerprint density at radius 3 is 2.04 bits per heavy atom. The van der Waals surface area contributed by atoms with E-state index in [2.05, 4.69) is 5.32 Å². The maximum Gasteiger partial charge on any atom is 0.418 e. The number of carbonyl (C=O) groups excluding carboxylic acids is 1. The molecule has 0 saturated heterocycles. The Bertz CT molecular complexity index is 768. The maximum absolute atomic E-state index is 12.9. The summed E-state index contributed by atoms with van der Waals surface area (Å²) in [5.41, 5.74) is -1.81. The van der Waals surface area contributed by atoms with Gasteiger partial charge >= 0.3 is 18.4 Å². The summed E-state index contributed by atoms with van der Waals surface area (Å²) in [6.07, 6.45) is -9.10. The fourth-order valence-electron chi connectivity index (χ4n) is 2.19. The zero-order chi connectivity index (χ0) is 19.5. The van der Waals surface area contributed by atoms with E-state index in [1.165, 1.54) is 31.3 Å². The highest BCUT2D eigenvalue weighted by Gasteiger charge is 2.34. The summed E-state index contributed by atoms with van der Waals surface area (Å²) in [5.74, 6) is 0. The quantitative estimate of drug-likeness (QED) is 0.716. The molecule has 2 amide bonds. The number of amides is 2. The molecular weight excluding hydrogens is 362 g/mol. The predicted octanol–water partition coefficient (Wildman–Crippen LogP) is 5.39. The van der Waals surface area contributed by atoms with Gasteiger partial charge in [-0.2, -0.15) is 26.3 Å². The number of halogens is 6. The average Bonchev–Trinajstić information content (AvgIpc) is 2.54. The molecule has 0 saturated carbocycles. The van der Waals surface area contributed by atoms with Crippen LogP contribution in [-0.4, -0.2) is 18.0 Å². The topological polar surface area (TPSA) is 32.3 Å². The summed E-state index contributed by atoms with van der Waals surface area (Å²) >= 11 is 0. The van der Waals surface area contributed by atoms with E-state index < -0.39 is 35.2 Å². The second kappa shape index (κ2) is 7.27. The molecule has 2 rings (SSSR count). The molecule has 0 aliphatic rings. The number of para-hydroxylation sites is 1. The van der Waals surface area contributed by atoms with Gasteiger partial charge in [0.2, 0.25) is 0 Å². The van der Waals surface area contributed by atoms with Crippen molar-refractivity contribution in [3.05, 3.63) is 65.2 Å². The Morgan fingerprint density at radius 2 is 1.50 bits per heavy atom. The van der Waals surface area contributed by atoms with Crippen molar-refractivity contribution in [2.75, 3.05) is 12.4 Å². The molecule has 0 spiro atoms. The highest BCUT2D eigenvalue weighted by atomic mass is 19.4. The third-order valence-corrected chi connectivity index (χ3v) is 3.52. The molecule has 9 heteroatoms. The number of hydrogen-bond donors (Lipinski definition) is 1. The van der Waals surface area contributed by atoms with Crippen LogP contribution in [0.25, 0.3) is 0 Å². The van der Waals surface area contributed by atoms with E-state index in [9.17, 15) is 31.1 Å². The van der Waals surface area contributed by atoms with Crippen LogP contribution >= 0.6 is 0 Å². The zero-order valence-corrected chi connectivity index (χ0v) is 13.4. The van der Waals surface area contributed by atoms with Crippen LogP contribution in [0.1, 0.15) is 16.7 Å². The van der Waals surface area contributed by atoms with Gasteiger partial charge in [-0.3, -0.25) is 0 Å². The first-order valence-electron chi connectivity index (χ1n) is 7.33. The maximum atomic E-state index is 12.9. The number of nitrogens with one attached hydrogen (secondary N) is 1. The standard InChI is InChI=1S/C17H14F6N2O/c1-25(10-11-6-8-12(9-7-11)16(18,19)20)15(26)24-14-5-3-2-4-13(14)17(21,22)23/h2-9H,10H2,1H3,(H,24,26). The Labute approximate surface area is 145 Å². The lowest BCUT2D eigenvalue weighted by atomic mass is 10.1. The molecule has 0 fully saturated rings. The summed E-state index contributed by atoms with van der Waals surface area (Å²) in [5, 5.41) is 2.16. The SMILES string of the molecule is CN(Cc1ccc(C(F)(F)F)cc1)C(=O)Nc1ccccc1C(F)(F)F. The minimum absolute atomic E-state index is 0.0713. The minimum atomic E-state index is -4.63. The van der Waals surface area contributed by atoms with Crippen molar-refractivity contribution in [2.45, 2.75) is 18.9 Å². The largest absolute Gasteiger partial charge is 0.418 e. The number of anilines is 1. The number of carbonyl (C=O) groups is 1. The van der Waals surface area contributed by atoms with Crippen LogP contribution in [0, 0.1) is 0 Å². The van der Waals surface area contributed by atoms with E-state index >= 15 is 0 Å². The van der Waals surface area contributed by atoms with Crippen LogP contribution in [0.4, 0.5) is 36.8 Å². The van der Waals surface area contributed by atoms with E-state index in [0.717, 1.165) is 29.2 Å². The van der Waals surface area contributed by atoms with Gasteiger partial charge in [0, 0.05) is 13.6 Å². The van der Waals surface area contributed by atoms with Crippen molar-refractivity contribution in [2.24, 2.45) is 0 Å². The summed E-state index contributed by atoms with van der Waals surface area (Å²) in [6, 6.07) is 7.84. The number of nitrogens with zero attached hydrogens (tertiary/aromatic N) is 1. The first-order valence-corrected chi connectivity index (χ1v) is 7.33. The normalized spacial score (nSPS) is 12.0. The van der Waals surface area contributed by atoms with Gasteiger partial charge in [0.15, 0.2) is 0 Å². The van der Waals surface area contributed by atoms with Crippen LogP contribution in [0.3, 0.4) is 0 Å². The molecule has 1 N–H and O–H groups in total. The molecule has 0 radical (unpaired) electrons. The highest BCUT2D eigenvalue weighted by molar-refractivity contribution is 5.90. The minimum Gasteiger partial charge on any atom is -0.323 e. The smallest absolute Gasteiger partial charge is 0.323 e. The summed E-state index contributed by atoms with van der Waals surface area (Å²) in [4.78, 5) is 13.2. The lowest BCUT2D eigenvalue weighted by molar-refractivity contribution is -0.138. The second-order valence-electron chi connectivity index (χ2n) is 5.52. The molecule has 26 heavy (non-hydrogen) atoms. The van der Waals surface area contributed by atoms with Gasteiger partial charge in [0.1, 0.15) is 0 Å². The summed E-state index contributed by atoms with van der Waals surface area (Å²) in [6.45, 7) is -0.0713. The summed E-state index contributed by atoms with van der Waals surface area (Å²) in [7, 11) is 1.32. The number of alkyl halides is 6. The molecule has 0 heterocycles. The van der Waals surface area contributed by atoms with E-state index in [0.29, 0.717) is 5.56 Å². The lowest BCUT2D eigenvalue weighted by Gasteiger charge is -2.20. The zero-order valence-electron chi connectivity index (χ0n) is 13.4. The van der Waals surface area contributed by atoms with Crippen LogP contribution < -0.4 is 5.32 Å². The van der Waals surface area contributed by atoms with Crippen LogP contribution in [-0.2, 0) is 18.9 Å². The third kappa shape index (κ3) is 4.90. The molecule has 0 unspecified atom stereocenters. The van der Waals surface area contributed by atoms with Gasteiger partial charge in [-0.25, -0.2) is 4.79 Å². The molecule has 0 bridgehead atoms. The van der Waals surface area contributed by atoms with E-state index in [-0.39, 0.29) is 6.54 Å². The highest BCUT2D eigenvalue weighted by Crippen LogP contribution is 2.34. The van der Waals surface area contributed by atoms with E-state index in [1.54, 1.807) is 0 Å². The van der Waals surface area contributed by atoms with Crippen molar-refractivity contribution in [1.82, 2.24) is 4.90 Å². The van der Waals surface area contributed by atoms with Gasteiger partial charge in [0.05, 0.1) is 16.8 Å². The molecule has 2 aromatic rings. The molecular formula is C17H14F6N2O.